The van der Waals surface area contributed by atoms with Gasteiger partial charge in [0.1, 0.15) is 0 Å². The van der Waals surface area contributed by atoms with Gasteiger partial charge in [-0.1, -0.05) is 6.92 Å². The number of hydrogen-bond acceptors (Lipinski definition) is 4. The predicted octanol–water partition coefficient (Wildman–Crippen LogP) is 3.30. The van der Waals surface area contributed by atoms with Crippen molar-refractivity contribution in [3.8, 4) is 11.8 Å². The van der Waals surface area contributed by atoms with Crippen LogP contribution in [0, 0.1) is 6.92 Å². The number of ether oxygens (including phenoxy) is 1. The van der Waals surface area contributed by atoms with E-state index in [2.05, 4.69) is 30.9 Å². The molecule has 0 N–H and O–H groups in total. The van der Waals surface area contributed by atoms with Crippen LogP contribution in [0.2, 0.25) is 0 Å². The number of aryl methyl sites for hydroxylation is 2. The summed E-state index contributed by atoms with van der Waals surface area (Å²) in [5.41, 5.74) is 1.89. The van der Waals surface area contributed by atoms with E-state index in [4.69, 9.17) is 4.74 Å². The normalized spacial score (nSPS) is 10.3. The highest BCUT2D eigenvalue weighted by Gasteiger charge is 2.06. The molecule has 4 nitrogen and oxygen atoms in total. The van der Waals surface area contributed by atoms with Crippen molar-refractivity contribution in [1.82, 2.24) is 15.0 Å². The second-order valence-electron chi connectivity index (χ2n) is 3.54. The number of hydrogen-bond donors (Lipinski definition) is 0. The Morgan fingerprint density at radius 1 is 1.24 bits per heavy atom. The fraction of sp³-hybridized carbons (Fsp3) is 0.250. The Hall–Kier alpha value is -1.49. The van der Waals surface area contributed by atoms with Gasteiger partial charge in [-0.05, 0) is 41.4 Å². The summed E-state index contributed by atoms with van der Waals surface area (Å²) in [6, 6.07) is 4.13. The van der Waals surface area contributed by atoms with Crippen molar-refractivity contribution in [3.05, 3.63) is 40.4 Å². The van der Waals surface area contributed by atoms with Gasteiger partial charge < -0.3 is 4.74 Å². The summed E-state index contributed by atoms with van der Waals surface area (Å²) in [5, 5.41) is 0. The smallest absolute Gasteiger partial charge is 0.321 e. The maximum Gasteiger partial charge on any atom is 0.321 e. The van der Waals surface area contributed by atoms with E-state index < -0.39 is 0 Å². The first-order chi connectivity index (χ1) is 8.19. The summed E-state index contributed by atoms with van der Waals surface area (Å²) < 4.78 is 6.43. The molecule has 0 unspecified atom stereocenters. The lowest BCUT2D eigenvalue weighted by Crippen LogP contribution is -1.98. The molecule has 0 aliphatic rings. The van der Waals surface area contributed by atoms with Crippen molar-refractivity contribution in [2.45, 2.75) is 20.3 Å². The van der Waals surface area contributed by atoms with E-state index in [1.54, 1.807) is 12.4 Å². The molecule has 88 valence electrons. The minimum Gasteiger partial charge on any atom is -0.422 e. The van der Waals surface area contributed by atoms with Crippen molar-refractivity contribution in [2.24, 2.45) is 0 Å². The fourth-order valence-corrected chi connectivity index (χ4v) is 1.60. The van der Waals surface area contributed by atoms with Crippen LogP contribution in [0.3, 0.4) is 0 Å². The molecule has 0 radical (unpaired) electrons. The van der Waals surface area contributed by atoms with Gasteiger partial charge in [-0.3, -0.25) is 4.98 Å². The van der Waals surface area contributed by atoms with Crippen LogP contribution >= 0.6 is 15.9 Å². The summed E-state index contributed by atoms with van der Waals surface area (Å²) in [6.45, 7) is 4.00. The summed E-state index contributed by atoms with van der Waals surface area (Å²) in [4.78, 5) is 12.5. The van der Waals surface area contributed by atoms with E-state index in [0.29, 0.717) is 11.8 Å². The molecular weight excluding hydrogens is 282 g/mol. The van der Waals surface area contributed by atoms with Crippen molar-refractivity contribution in [1.29, 1.82) is 0 Å². The van der Waals surface area contributed by atoms with Crippen molar-refractivity contribution >= 4 is 15.9 Å². The third-order valence-corrected chi connectivity index (χ3v) is 2.61. The van der Waals surface area contributed by atoms with Gasteiger partial charge in [-0.2, -0.15) is 0 Å². The molecule has 0 spiro atoms. The summed E-state index contributed by atoms with van der Waals surface area (Å²) in [5.74, 6) is 0.709. The molecule has 5 heteroatoms. The van der Waals surface area contributed by atoms with E-state index in [1.165, 1.54) is 0 Å². The fourth-order valence-electron chi connectivity index (χ4n) is 1.40. The van der Waals surface area contributed by atoms with Gasteiger partial charge in [-0.25, -0.2) is 9.97 Å². The quantitative estimate of drug-likeness (QED) is 0.871. The predicted molar refractivity (Wildman–Crippen MR) is 68.2 cm³/mol. The number of rotatable bonds is 3. The standard InChI is InChI=1S/C12H12BrN3O/c1-3-10-11(5-4-8(2)16-10)17-12-14-6-9(13)7-15-12/h4-7H,3H2,1-2H3. The molecule has 2 aromatic rings. The lowest BCUT2D eigenvalue weighted by atomic mass is 10.2. The van der Waals surface area contributed by atoms with Crippen molar-refractivity contribution in [3.63, 3.8) is 0 Å². The molecule has 0 bridgehead atoms. The molecule has 0 aliphatic carbocycles. The lowest BCUT2D eigenvalue weighted by Gasteiger charge is -2.08. The highest BCUT2D eigenvalue weighted by atomic mass is 79.9. The van der Waals surface area contributed by atoms with Crippen molar-refractivity contribution in [2.75, 3.05) is 0 Å². The molecule has 17 heavy (non-hydrogen) atoms. The minimum atomic E-state index is 0.327. The average molecular weight is 294 g/mol. The van der Waals surface area contributed by atoms with Gasteiger partial charge in [0, 0.05) is 18.1 Å². The van der Waals surface area contributed by atoms with Crippen LogP contribution in [0.4, 0.5) is 0 Å². The number of aromatic nitrogens is 3. The topological polar surface area (TPSA) is 47.9 Å². The zero-order chi connectivity index (χ0) is 12.3. The number of halogens is 1. The van der Waals surface area contributed by atoms with E-state index in [-0.39, 0.29) is 0 Å². The number of pyridine rings is 1. The second-order valence-corrected chi connectivity index (χ2v) is 4.45. The highest BCUT2D eigenvalue weighted by Crippen LogP contribution is 2.22. The molecule has 0 aromatic carbocycles. The molecule has 0 atom stereocenters. The van der Waals surface area contributed by atoms with Gasteiger partial charge in [0.25, 0.3) is 0 Å². The van der Waals surface area contributed by atoms with Crippen LogP contribution in [-0.2, 0) is 6.42 Å². The van der Waals surface area contributed by atoms with Crippen molar-refractivity contribution < 1.29 is 4.74 Å². The zero-order valence-corrected chi connectivity index (χ0v) is 11.2. The minimum absolute atomic E-state index is 0.327. The molecule has 2 heterocycles. The Bertz CT molecular complexity index is 514. The van der Waals surface area contributed by atoms with Gasteiger partial charge in [0.2, 0.25) is 0 Å². The molecule has 0 saturated carbocycles. The Kier molecular flexibility index (Phi) is 3.68. The summed E-state index contributed by atoms with van der Waals surface area (Å²) in [6.07, 6.45) is 4.11. The van der Waals surface area contributed by atoms with Crippen LogP contribution in [0.15, 0.2) is 29.0 Å². The number of nitrogens with zero attached hydrogens (tertiary/aromatic N) is 3. The zero-order valence-electron chi connectivity index (χ0n) is 9.64. The first-order valence-corrected chi connectivity index (χ1v) is 6.10. The van der Waals surface area contributed by atoms with E-state index >= 15 is 0 Å². The van der Waals surface area contributed by atoms with Crippen LogP contribution in [0.1, 0.15) is 18.3 Å². The SMILES string of the molecule is CCc1nc(C)ccc1Oc1ncc(Br)cn1. The maximum atomic E-state index is 5.60. The molecule has 0 fully saturated rings. The molecule has 2 rings (SSSR count). The van der Waals surface area contributed by atoms with Gasteiger partial charge in [0.15, 0.2) is 5.75 Å². The molecular formula is C12H12BrN3O. The average Bonchev–Trinajstić information content (AvgIpc) is 2.34. The maximum absolute atomic E-state index is 5.60. The second kappa shape index (κ2) is 5.23. The van der Waals surface area contributed by atoms with Gasteiger partial charge in [0.05, 0.1) is 10.2 Å². The molecule has 0 saturated heterocycles. The first kappa shape index (κ1) is 12.0. The van der Waals surface area contributed by atoms with Crippen LogP contribution in [0.5, 0.6) is 11.8 Å². The van der Waals surface area contributed by atoms with E-state index in [0.717, 1.165) is 22.3 Å². The Labute approximate surface area is 108 Å². The largest absolute Gasteiger partial charge is 0.422 e. The highest BCUT2D eigenvalue weighted by molar-refractivity contribution is 9.10. The third kappa shape index (κ3) is 3.00. The summed E-state index contributed by atoms with van der Waals surface area (Å²) >= 11 is 3.28. The monoisotopic (exact) mass is 293 g/mol. The Balaban J connectivity index is 2.26. The molecule has 0 aliphatic heterocycles. The van der Waals surface area contributed by atoms with Gasteiger partial charge in [-0.15, -0.1) is 0 Å². The third-order valence-electron chi connectivity index (χ3n) is 2.20. The molecule has 0 amide bonds. The Morgan fingerprint density at radius 2 is 1.94 bits per heavy atom. The van der Waals surface area contributed by atoms with Crippen LogP contribution in [0.25, 0.3) is 0 Å². The van der Waals surface area contributed by atoms with E-state index in [1.807, 2.05) is 26.0 Å². The van der Waals surface area contributed by atoms with Crippen LogP contribution < -0.4 is 4.74 Å². The summed E-state index contributed by atoms with van der Waals surface area (Å²) in [7, 11) is 0. The van der Waals surface area contributed by atoms with Gasteiger partial charge >= 0.3 is 6.01 Å². The Morgan fingerprint density at radius 3 is 2.59 bits per heavy atom. The van der Waals surface area contributed by atoms with E-state index in [9.17, 15) is 0 Å². The lowest BCUT2D eigenvalue weighted by molar-refractivity contribution is 0.433. The first-order valence-electron chi connectivity index (χ1n) is 5.31. The van der Waals surface area contributed by atoms with Crippen LogP contribution in [-0.4, -0.2) is 15.0 Å². The molecule has 2 aromatic heterocycles.